The first-order valence-corrected chi connectivity index (χ1v) is 14.1. The number of benzene rings is 2. The van der Waals surface area contributed by atoms with Gasteiger partial charge in [0, 0.05) is 52.1 Å². The molecular formula is C31H32F2N6O4. The van der Waals surface area contributed by atoms with Gasteiger partial charge in [-0.15, -0.1) is 0 Å². The number of carbonyl (C=O) groups excluding carboxylic acids is 2. The van der Waals surface area contributed by atoms with E-state index in [1.54, 1.807) is 12.1 Å². The number of aromatic nitrogens is 4. The Bertz CT molecular complexity index is 1670. The molecule has 0 saturated heterocycles. The average Bonchev–Trinajstić information content (AvgIpc) is 3.39. The number of aryl methyl sites for hydroxylation is 2. The molecule has 1 spiro atoms. The third-order valence-electron chi connectivity index (χ3n) is 8.23. The number of anilines is 1. The third-order valence-corrected chi connectivity index (χ3v) is 8.23. The Morgan fingerprint density at radius 1 is 1.14 bits per heavy atom. The van der Waals surface area contributed by atoms with Crippen molar-refractivity contribution in [2.24, 2.45) is 5.41 Å². The Kier molecular flexibility index (Phi) is 7.25. The van der Waals surface area contributed by atoms with Crippen molar-refractivity contribution >= 4 is 17.5 Å². The van der Waals surface area contributed by atoms with Gasteiger partial charge in [-0.1, -0.05) is 12.1 Å². The van der Waals surface area contributed by atoms with E-state index in [0.717, 1.165) is 28.6 Å². The van der Waals surface area contributed by atoms with Crippen LogP contribution in [0.4, 0.5) is 14.5 Å². The minimum atomic E-state index is -1.34. The number of hydroxylamine groups is 1. The number of nitrogens with one attached hydrogen (secondary N) is 3. The molecule has 4 aromatic rings. The van der Waals surface area contributed by atoms with Crippen LogP contribution < -0.4 is 15.5 Å². The fourth-order valence-electron chi connectivity index (χ4n) is 5.96. The first-order valence-electron chi connectivity index (χ1n) is 14.1. The van der Waals surface area contributed by atoms with Crippen LogP contribution in [0.3, 0.4) is 0 Å². The predicted molar refractivity (Wildman–Crippen MR) is 153 cm³/mol. The van der Waals surface area contributed by atoms with Crippen molar-refractivity contribution < 1.29 is 27.9 Å². The van der Waals surface area contributed by atoms with Gasteiger partial charge in [0.2, 0.25) is 0 Å². The van der Waals surface area contributed by atoms with E-state index in [4.69, 9.17) is 9.57 Å². The molecule has 2 aromatic heterocycles. The summed E-state index contributed by atoms with van der Waals surface area (Å²) in [7, 11) is 0. The van der Waals surface area contributed by atoms with Gasteiger partial charge < -0.3 is 10.1 Å². The summed E-state index contributed by atoms with van der Waals surface area (Å²) in [6, 6.07) is 10.6. The van der Waals surface area contributed by atoms with Crippen molar-refractivity contribution in [2.75, 3.05) is 11.9 Å². The van der Waals surface area contributed by atoms with E-state index in [9.17, 15) is 18.4 Å². The Labute approximate surface area is 246 Å². The molecule has 2 amide bonds. The van der Waals surface area contributed by atoms with Gasteiger partial charge in [-0.3, -0.25) is 24.2 Å². The summed E-state index contributed by atoms with van der Waals surface area (Å²) >= 11 is 0. The standard InChI is InChI=1S/C31H32F2N6O4/c1-16(2)39-24(9-12-34-39)29(40)38-43-28(26-22-13-20(32)14-23(33)27(22)42-15-31(26)10-11-31)30(41)35-21-7-5-19(6-8-21)25-17(3)36-37-18(25)4/h5-9,12-14,16,26,28H,10-11,15H2,1-4H3,(H,35,41)(H,36,37)(H,38,40)/t26?,28-/m0/s1. The molecule has 12 heteroatoms. The summed E-state index contributed by atoms with van der Waals surface area (Å²) in [6.45, 7) is 7.72. The zero-order valence-electron chi connectivity index (χ0n) is 24.2. The number of ether oxygens (including phenoxy) is 1. The van der Waals surface area contributed by atoms with Crippen LogP contribution in [0.25, 0.3) is 11.1 Å². The third kappa shape index (κ3) is 5.27. The molecule has 1 fully saturated rings. The van der Waals surface area contributed by atoms with E-state index in [0.29, 0.717) is 18.5 Å². The minimum Gasteiger partial charge on any atom is -0.490 e. The number of rotatable bonds is 8. The smallest absolute Gasteiger partial charge is 0.293 e. The Morgan fingerprint density at radius 3 is 2.53 bits per heavy atom. The highest BCUT2D eigenvalue weighted by Crippen LogP contribution is 2.62. The van der Waals surface area contributed by atoms with Crippen LogP contribution in [0, 0.1) is 30.9 Å². The van der Waals surface area contributed by atoms with Crippen LogP contribution in [-0.2, 0) is 9.63 Å². The quantitative estimate of drug-likeness (QED) is 0.237. The molecule has 1 aliphatic carbocycles. The van der Waals surface area contributed by atoms with Gasteiger partial charge in [-0.2, -0.15) is 10.2 Å². The lowest BCUT2D eigenvalue weighted by Crippen LogP contribution is -2.47. The number of amides is 2. The van der Waals surface area contributed by atoms with E-state index >= 15 is 0 Å². The summed E-state index contributed by atoms with van der Waals surface area (Å²) < 4.78 is 36.6. The fraction of sp³-hybridized carbons (Fsp3) is 0.355. The molecule has 3 N–H and O–H groups in total. The molecule has 6 rings (SSSR count). The molecule has 43 heavy (non-hydrogen) atoms. The van der Waals surface area contributed by atoms with Crippen molar-refractivity contribution in [3.05, 3.63) is 82.9 Å². The summed E-state index contributed by atoms with van der Waals surface area (Å²) in [5.41, 5.74) is 6.39. The largest absolute Gasteiger partial charge is 0.490 e. The summed E-state index contributed by atoms with van der Waals surface area (Å²) in [5.74, 6) is -3.78. The number of carbonyl (C=O) groups is 2. The second kappa shape index (κ2) is 10.9. The molecule has 1 aliphatic heterocycles. The SMILES string of the molecule is Cc1n[nH]c(C)c1-c1ccc(NC(=O)[C@@H](ONC(=O)c2ccnn2C(C)C)C2c3cc(F)cc(F)c3OCC23CC3)cc1. The first-order chi connectivity index (χ1) is 20.6. The van der Waals surface area contributed by atoms with E-state index in [-0.39, 0.29) is 29.7 Å². The molecule has 0 radical (unpaired) electrons. The van der Waals surface area contributed by atoms with Gasteiger partial charge in [0.05, 0.1) is 12.3 Å². The minimum absolute atomic E-state index is 0.101. The van der Waals surface area contributed by atoms with Gasteiger partial charge in [-0.25, -0.2) is 14.3 Å². The molecule has 2 atom stereocenters. The molecule has 224 valence electrons. The van der Waals surface area contributed by atoms with E-state index in [1.165, 1.54) is 23.0 Å². The predicted octanol–water partition coefficient (Wildman–Crippen LogP) is 5.37. The van der Waals surface area contributed by atoms with E-state index in [1.807, 2.05) is 39.8 Å². The topological polar surface area (TPSA) is 123 Å². The Hall–Kier alpha value is -4.58. The zero-order valence-corrected chi connectivity index (χ0v) is 24.2. The molecule has 10 nitrogen and oxygen atoms in total. The lowest BCUT2D eigenvalue weighted by Gasteiger charge is -2.37. The molecule has 1 unspecified atom stereocenters. The van der Waals surface area contributed by atoms with Gasteiger partial charge in [0.25, 0.3) is 11.8 Å². The van der Waals surface area contributed by atoms with Crippen molar-refractivity contribution in [3.8, 4) is 16.9 Å². The molecule has 2 aromatic carbocycles. The van der Waals surface area contributed by atoms with Gasteiger partial charge in [-0.05, 0) is 70.4 Å². The van der Waals surface area contributed by atoms with Crippen LogP contribution in [0.2, 0.25) is 0 Å². The van der Waals surface area contributed by atoms with Crippen molar-refractivity contribution in [2.45, 2.75) is 58.6 Å². The van der Waals surface area contributed by atoms with Gasteiger partial charge in [0.15, 0.2) is 17.7 Å². The Balaban J connectivity index is 1.32. The molecule has 2 aliphatic rings. The highest BCUT2D eigenvalue weighted by molar-refractivity contribution is 5.96. The number of hydrogen-bond acceptors (Lipinski definition) is 6. The highest BCUT2D eigenvalue weighted by Gasteiger charge is 2.59. The normalized spacial score (nSPS) is 17.3. The molecular weight excluding hydrogens is 558 g/mol. The van der Waals surface area contributed by atoms with Crippen LogP contribution in [-0.4, -0.2) is 44.5 Å². The number of halogens is 2. The number of H-pyrrole nitrogens is 1. The number of aromatic amines is 1. The van der Waals surface area contributed by atoms with Gasteiger partial charge >= 0.3 is 0 Å². The molecule has 3 heterocycles. The first kappa shape index (κ1) is 28.5. The van der Waals surface area contributed by atoms with E-state index in [2.05, 4.69) is 26.1 Å². The maximum absolute atomic E-state index is 14.8. The van der Waals surface area contributed by atoms with Crippen LogP contribution >= 0.6 is 0 Å². The van der Waals surface area contributed by atoms with E-state index < -0.39 is 40.9 Å². The van der Waals surface area contributed by atoms with Crippen LogP contribution in [0.5, 0.6) is 5.75 Å². The number of hydrogen-bond donors (Lipinski definition) is 3. The maximum atomic E-state index is 14.8. The van der Waals surface area contributed by atoms with Crippen molar-refractivity contribution in [1.82, 2.24) is 25.5 Å². The summed E-state index contributed by atoms with van der Waals surface area (Å²) in [5, 5.41) is 14.3. The second-order valence-corrected chi connectivity index (χ2v) is 11.5. The maximum Gasteiger partial charge on any atom is 0.293 e. The zero-order chi connectivity index (χ0) is 30.5. The van der Waals surface area contributed by atoms with Gasteiger partial charge in [0.1, 0.15) is 11.5 Å². The summed E-state index contributed by atoms with van der Waals surface area (Å²) in [6.07, 6.45) is 1.47. The Morgan fingerprint density at radius 2 is 1.88 bits per heavy atom. The van der Waals surface area contributed by atoms with Crippen LogP contribution in [0.1, 0.15) is 66.1 Å². The molecule has 0 bridgehead atoms. The highest BCUT2D eigenvalue weighted by atomic mass is 19.1. The van der Waals surface area contributed by atoms with Crippen molar-refractivity contribution in [1.29, 1.82) is 0 Å². The number of fused-ring (bicyclic) bond motifs is 1. The lowest BCUT2D eigenvalue weighted by atomic mass is 9.77. The average molecular weight is 591 g/mol. The summed E-state index contributed by atoms with van der Waals surface area (Å²) in [4.78, 5) is 33.0. The number of nitrogens with zero attached hydrogens (tertiary/aromatic N) is 3. The lowest BCUT2D eigenvalue weighted by molar-refractivity contribution is -0.136. The second-order valence-electron chi connectivity index (χ2n) is 11.5. The van der Waals surface area contributed by atoms with Crippen molar-refractivity contribution in [3.63, 3.8) is 0 Å². The van der Waals surface area contributed by atoms with Crippen LogP contribution in [0.15, 0.2) is 48.7 Å². The monoisotopic (exact) mass is 590 g/mol. The molecule has 1 saturated carbocycles. The fourth-order valence-corrected chi connectivity index (χ4v) is 5.96.